The standard InChI is InChI=1S/C19H24FN3OS/c1-22(2)10-11-23(13-17-7-3-4-8-18(17)20)19(24)15-25-14-16-6-5-9-21-12-16/h3-9,12H,10-11,13-15H2,1-2H3. The Morgan fingerprint density at radius 1 is 1.16 bits per heavy atom. The molecule has 1 amide bonds. The molecule has 0 fully saturated rings. The lowest BCUT2D eigenvalue weighted by atomic mass is 10.2. The number of amides is 1. The Bertz CT molecular complexity index is 667. The van der Waals surface area contributed by atoms with Gasteiger partial charge in [0.15, 0.2) is 0 Å². The Morgan fingerprint density at radius 2 is 1.96 bits per heavy atom. The molecule has 1 heterocycles. The van der Waals surface area contributed by atoms with E-state index in [0.717, 1.165) is 17.9 Å². The molecule has 25 heavy (non-hydrogen) atoms. The fraction of sp³-hybridized carbons (Fsp3) is 0.368. The number of rotatable bonds is 9. The minimum Gasteiger partial charge on any atom is -0.336 e. The highest BCUT2D eigenvalue weighted by atomic mass is 32.2. The molecule has 1 aromatic heterocycles. The molecule has 134 valence electrons. The van der Waals surface area contributed by atoms with E-state index in [1.807, 2.05) is 31.1 Å². The molecule has 0 saturated carbocycles. The number of benzene rings is 1. The molecule has 0 spiro atoms. The van der Waals surface area contributed by atoms with Crippen LogP contribution in [0.3, 0.4) is 0 Å². The van der Waals surface area contributed by atoms with Crippen molar-refractivity contribution in [3.8, 4) is 0 Å². The number of nitrogens with zero attached hydrogens (tertiary/aromatic N) is 3. The van der Waals surface area contributed by atoms with Gasteiger partial charge in [-0.3, -0.25) is 9.78 Å². The Morgan fingerprint density at radius 3 is 2.64 bits per heavy atom. The van der Waals surface area contributed by atoms with E-state index < -0.39 is 0 Å². The first-order valence-corrected chi connectivity index (χ1v) is 9.34. The first-order chi connectivity index (χ1) is 12.1. The van der Waals surface area contributed by atoms with Gasteiger partial charge in [-0.25, -0.2) is 4.39 Å². The van der Waals surface area contributed by atoms with Crippen LogP contribution in [-0.4, -0.2) is 53.6 Å². The molecule has 0 atom stereocenters. The zero-order valence-electron chi connectivity index (χ0n) is 14.7. The summed E-state index contributed by atoms with van der Waals surface area (Å²) in [5, 5.41) is 0. The summed E-state index contributed by atoms with van der Waals surface area (Å²) in [6, 6.07) is 10.5. The minimum atomic E-state index is -0.270. The third kappa shape index (κ3) is 6.84. The average Bonchev–Trinajstić information content (AvgIpc) is 2.60. The average molecular weight is 361 g/mol. The maximum absolute atomic E-state index is 13.9. The van der Waals surface area contributed by atoms with Gasteiger partial charge in [0.05, 0.1) is 5.75 Å². The molecule has 4 nitrogen and oxygen atoms in total. The molecule has 1 aromatic carbocycles. The Balaban J connectivity index is 1.93. The number of hydrogen-bond acceptors (Lipinski definition) is 4. The van der Waals surface area contributed by atoms with E-state index in [0.29, 0.717) is 24.4 Å². The van der Waals surface area contributed by atoms with Crippen LogP contribution in [0.25, 0.3) is 0 Å². The molecular formula is C19H24FN3OS. The largest absolute Gasteiger partial charge is 0.336 e. The van der Waals surface area contributed by atoms with Gasteiger partial charge in [-0.15, -0.1) is 11.8 Å². The fourth-order valence-corrected chi connectivity index (χ4v) is 3.14. The highest BCUT2D eigenvalue weighted by Gasteiger charge is 2.16. The van der Waals surface area contributed by atoms with Crippen molar-refractivity contribution in [3.05, 3.63) is 65.7 Å². The summed E-state index contributed by atoms with van der Waals surface area (Å²) in [6.45, 7) is 1.62. The molecule has 0 N–H and O–H groups in total. The van der Waals surface area contributed by atoms with Gasteiger partial charge in [0.2, 0.25) is 5.91 Å². The summed E-state index contributed by atoms with van der Waals surface area (Å²) in [5.41, 5.74) is 1.64. The van der Waals surface area contributed by atoms with E-state index in [-0.39, 0.29) is 11.7 Å². The molecule has 0 aliphatic rings. The van der Waals surface area contributed by atoms with Gasteiger partial charge in [-0.1, -0.05) is 24.3 Å². The second-order valence-corrected chi connectivity index (χ2v) is 7.05. The van der Waals surface area contributed by atoms with Crippen molar-refractivity contribution in [1.29, 1.82) is 0 Å². The van der Waals surface area contributed by atoms with E-state index in [1.54, 1.807) is 47.3 Å². The van der Waals surface area contributed by atoms with Crippen LogP contribution in [0.15, 0.2) is 48.8 Å². The van der Waals surface area contributed by atoms with Crippen molar-refractivity contribution in [3.63, 3.8) is 0 Å². The Kier molecular flexibility index (Phi) is 7.88. The summed E-state index contributed by atoms with van der Waals surface area (Å²) in [4.78, 5) is 20.4. The van der Waals surface area contributed by atoms with Gasteiger partial charge >= 0.3 is 0 Å². The summed E-state index contributed by atoms with van der Waals surface area (Å²) in [6.07, 6.45) is 3.54. The van der Waals surface area contributed by atoms with Crippen LogP contribution >= 0.6 is 11.8 Å². The van der Waals surface area contributed by atoms with E-state index in [2.05, 4.69) is 4.98 Å². The first kappa shape index (κ1) is 19.4. The quantitative estimate of drug-likeness (QED) is 0.688. The fourth-order valence-electron chi connectivity index (χ4n) is 2.28. The molecule has 0 saturated heterocycles. The number of aromatic nitrogens is 1. The number of carbonyl (C=O) groups is 1. The lowest BCUT2D eigenvalue weighted by Gasteiger charge is -2.24. The van der Waals surface area contributed by atoms with Crippen molar-refractivity contribution in [2.75, 3.05) is 32.9 Å². The summed E-state index contributed by atoms with van der Waals surface area (Å²) < 4.78 is 13.9. The summed E-state index contributed by atoms with van der Waals surface area (Å²) in [7, 11) is 3.92. The minimum absolute atomic E-state index is 0.0268. The van der Waals surface area contributed by atoms with Gasteiger partial charge < -0.3 is 9.80 Å². The third-order valence-corrected chi connectivity index (χ3v) is 4.69. The van der Waals surface area contributed by atoms with Crippen LogP contribution in [0.5, 0.6) is 0 Å². The van der Waals surface area contributed by atoms with Crippen molar-refractivity contribution in [2.24, 2.45) is 0 Å². The highest BCUT2D eigenvalue weighted by molar-refractivity contribution is 7.99. The molecule has 2 aromatic rings. The molecule has 0 bridgehead atoms. The number of carbonyl (C=O) groups excluding carboxylic acids is 1. The maximum Gasteiger partial charge on any atom is 0.232 e. The molecule has 0 aliphatic heterocycles. The predicted molar refractivity (Wildman–Crippen MR) is 101 cm³/mol. The monoisotopic (exact) mass is 361 g/mol. The van der Waals surface area contributed by atoms with Gasteiger partial charge in [0.1, 0.15) is 5.82 Å². The van der Waals surface area contributed by atoms with Crippen LogP contribution < -0.4 is 0 Å². The first-order valence-electron chi connectivity index (χ1n) is 8.19. The van der Waals surface area contributed by atoms with Crippen molar-refractivity contribution >= 4 is 17.7 Å². The second kappa shape index (κ2) is 10.2. The molecule has 6 heteroatoms. The van der Waals surface area contributed by atoms with Crippen LogP contribution in [0.4, 0.5) is 4.39 Å². The number of pyridine rings is 1. The number of thioether (sulfide) groups is 1. The van der Waals surface area contributed by atoms with Crippen LogP contribution in [0, 0.1) is 5.82 Å². The van der Waals surface area contributed by atoms with Crippen LogP contribution in [-0.2, 0) is 17.1 Å². The number of likely N-dealkylation sites (N-methyl/N-ethyl adjacent to an activating group) is 1. The normalized spacial score (nSPS) is 10.9. The van der Waals surface area contributed by atoms with Gasteiger partial charge in [-0.2, -0.15) is 0 Å². The van der Waals surface area contributed by atoms with Gasteiger partial charge in [0.25, 0.3) is 0 Å². The Labute approximate surface area is 153 Å². The SMILES string of the molecule is CN(C)CCN(Cc1ccccc1F)C(=O)CSCc1cccnc1. The molecular weight excluding hydrogens is 337 g/mol. The highest BCUT2D eigenvalue weighted by Crippen LogP contribution is 2.14. The van der Waals surface area contributed by atoms with E-state index in [1.165, 1.54) is 6.07 Å². The van der Waals surface area contributed by atoms with Crippen molar-refractivity contribution < 1.29 is 9.18 Å². The Hall–Kier alpha value is -1.92. The molecule has 0 aliphatic carbocycles. The summed E-state index contributed by atoms with van der Waals surface area (Å²) >= 11 is 1.55. The zero-order valence-corrected chi connectivity index (χ0v) is 15.5. The number of hydrogen-bond donors (Lipinski definition) is 0. The smallest absolute Gasteiger partial charge is 0.232 e. The topological polar surface area (TPSA) is 36.4 Å². The molecule has 0 radical (unpaired) electrons. The lowest BCUT2D eigenvalue weighted by Crippen LogP contribution is -2.37. The van der Waals surface area contributed by atoms with Gasteiger partial charge in [0, 0.05) is 43.3 Å². The number of halogens is 1. The maximum atomic E-state index is 13.9. The van der Waals surface area contributed by atoms with Gasteiger partial charge in [-0.05, 0) is 31.8 Å². The zero-order chi connectivity index (χ0) is 18.1. The van der Waals surface area contributed by atoms with E-state index in [9.17, 15) is 9.18 Å². The predicted octanol–water partition coefficient (Wildman–Crippen LogP) is 3.04. The summed E-state index contributed by atoms with van der Waals surface area (Å²) in [5.74, 6) is 0.865. The van der Waals surface area contributed by atoms with E-state index >= 15 is 0 Å². The van der Waals surface area contributed by atoms with Crippen LogP contribution in [0.2, 0.25) is 0 Å². The van der Waals surface area contributed by atoms with Crippen molar-refractivity contribution in [1.82, 2.24) is 14.8 Å². The molecule has 2 rings (SSSR count). The second-order valence-electron chi connectivity index (χ2n) is 6.06. The third-order valence-electron chi connectivity index (χ3n) is 3.71. The van der Waals surface area contributed by atoms with Crippen molar-refractivity contribution in [2.45, 2.75) is 12.3 Å². The van der Waals surface area contributed by atoms with Crippen LogP contribution in [0.1, 0.15) is 11.1 Å². The van der Waals surface area contributed by atoms with E-state index in [4.69, 9.17) is 0 Å². The molecule has 0 unspecified atom stereocenters. The lowest BCUT2D eigenvalue weighted by molar-refractivity contribution is -0.129.